The van der Waals surface area contributed by atoms with Gasteiger partial charge in [0.1, 0.15) is 0 Å². The van der Waals surface area contributed by atoms with Crippen molar-refractivity contribution in [1.82, 2.24) is 9.78 Å². The molecule has 3 atom stereocenters. The molecule has 3 unspecified atom stereocenters. The van der Waals surface area contributed by atoms with E-state index in [0.717, 1.165) is 24.8 Å². The van der Waals surface area contributed by atoms with Crippen LogP contribution in [0.1, 0.15) is 32.2 Å². The van der Waals surface area contributed by atoms with Gasteiger partial charge in [0, 0.05) is 11.8 Å². The number of aromatic nitrogens is 2. The van der Waals surface area contributed by atoms with Gasteiger partial charge in [-0.25, -0.2) is 0 Å². The van der Waals surface area contributed by atoms with Crippen LogP contribution >= 0.6 is 0 Å². The molecular weight excluding hydrogens is 236 g/mol. The second-order valence-corrected chi connectivity index (χ2v) is 5.63. The van der Waals surface area contributed by atoms with Crippen molar-refractivity contribution in [2.45, 2.75) is 38.3 Å². The fraction of sp³-hybridized carbons (Fsp3) is 0.438. The van der Waals surface area contributed by atoms with Gasteiger partial charge in [-0.3, -0.25) is 4.68 Å². The molecule has 3 nitrogen and oxygen atoms in total. The Morgan fingerprint density at radius 2 is 1.95 bits per heavy atom. The van der Waals surface area contributed by atoms with Crippen molar-refractivity contribution in [3.05, 3.63) is 42.7 Å². The van der Waals surface area contributed by atoms with Crippen molar-refractivity contribution in [2.24, 2.45) is 5.92 Å². The van der Waals surface area contributed by atoms with Gasteiger partial charge in [0.25, 0.3) is 0 Å². The predicted molar refractivity (Wildman–Crippen MR) is 75.7 cm³/mol. The van der Waals surface area contributed by atoms with Gasteiger partial charge >= 0.3 is 0 Å². The molecule has 3 heteroatoms. The summed E-state index contributed by atoms with van der Waals surface area (Å²) < 4.78 is 1.95. The molecule has 0 bridgehead atoms. The molecule has 100 valence electrons. The third-order valence-electron chi connectivity index (χ3n) is 4.09. The molecule has 1 heterocycles. The van der Waals surface area contributed by atoms with E-state index in [1.54, 1.807) is 0 Å². The number of benzene rings is 1. The van der Waals surface area contributed by atoms with Gasteiger partial charge < -0.3 is 5.11 Å². The van der Waals surface area contributed by atoms with E-state index in [4.69, 9.17) is 0 Å². The number of aliphatic hydroxyl groups is 1. The maximum Gasteiger partial charge on any atom is 0.0780 e. The van der Waals surface area contributed by atoms with Crippen molar-refractivity contribution in [3.63, 3.8) is 0 Å². The van der Waals surface area contributed by atoms with Gasteiger partial charge in [-0.05, 0) is 30.7 Å². The van der Waals surface area contributed by atoms with Crippen LogP contribution in [0.15, 0.2) is 42.7 Å². The summed E-state index contributed by atoms with van der Waals surface area (Å²) in [5.41, 5.74) is 2.29. The SMILES string of the molecule is CC1CCC(O)C(n2cc(-c3ccccc3)cn2)C1. The number of hydrogen-bond donors (Lipinski definition) is 1. The van der Waals surface area contributed by atoms with Crippen LogP contribution in [0.2, 0.25) is 0 Å². The first kappa shape index (κ1) is 12.4. The molecule has 1 aliphatic carbocycles. The number of nitrogens with zero attached hydrogens (tertiary/aromatic N) is 2. The van der Waals surface area contributed by atoms with E-state index in [2.05, 4.69) is 30.4 Å². The highest BCUT2D eigenvalue weighted by molar-refractivity contribution is 5.61. The maximum atomic E-state index is 10.2. The topological polar surface area (TPSA) is 38.0 Å². The lowest BCUT2D eigenvalue weighted by molar-refractivity contribution is 0.0520. The Labute approximate surface area is 113 Å². The summed E-state index contributed by atoms with van der Waals surface area (Å²) in [4.78, 5) is 0. The quantitative estimate of drug-likeness (QED) is 0.895. The van der Waals surface area contributed by atoms with E-state index in [-0.39, 0.29) is 12.1 Å². The summed E-state index contributed by atoms with van der Waals surface area (Å²) in [6.45, 7) is 2.25. The first-order valence-corrected chi connectivity index (χ1v) is 7.01. The second-order valence-electron chi connectivity index (χ2n) is 5.63. The van der Waals surface area contributed by atoms with Crippen LogP contribution in [0.4, 0.5) is 0 Å². The fourth-order valence-electron chi connectivity index (χ4n) is 2.92. The van der Waals surface area contributed by atoms with Gasteiger partial charge in [-0.15, -0.1) is 0 Å². The molecular formula is C16H20N2O. The minimum Gasteiger partial charge on any atom is -0.391 e. The van der Waals surface area contributed by atoms with Crippen molar-refractivity contribution < 1.29 is 5.11 Å². The highest BCUT2D eigenvalue weighted by Crippen LogP contribution is 2.33. The molecule has 0 aliphatic heterocycles. The third kappa shape index (κ3) is 2.56. The summed E-state index contributed by atoms with van der Waals surface area (Å²) in [5.74, 6) is 0.665. The van der Waals surface area contributed by atoms with Gasteiger partial charge in [0.2, 0.25) is 0 Å². The predicted octanol–water partition coefficient (Wildman–Crippen LogP) is 3.27. The second kappa shape index (κ2) is 5.17. The molecule has 0 radical (unpaired) electrons. The van der Waals surface area contributed by atoms with Crippen molar-refractivity contribution >= 4 is 0 Å². The van der Waals surface area contributed by atoms with Gasteiger partial charge in [0.15, 0.2) is 0 Å². The van der Waals surface area contributed by atoms with Crippen LogP contribution in [0.3, 0.4) is 0 Å². The molecule has 19 heavy (non-hydrogen) atoms. The Bertz CT molecular complexity index is 535. The van der Waals surface area contributed by atoms with Crippen LogP contribution in [0.25, 0.3) is 11.1 Å². The third-order valence-corrected chi connectivity index (χ3v) is 4.09. The molecule has 1 fully saturated rings. The Balaban J connectivity index is 1.85. The first-order chi connectivity index (χ1) is 9.24. The molecule has 1 aliphatic rings. The van der Waals surface area contributed by atoms with E-state index in [1.807, 2.05) is 29.1 Å². The minimum absolute atomic E-state index is 0.126. The van der Waals surface area contributed by atoms with Crippen molar-refractivity contribution in [1.29, 1.82) is 0 Å². The summed E-state index contributed by atoms with van der Waals surface area (Å²) >= 11 is 0. The van der Waals surface area contributed by atoms with Crippen LogP contribution in [-0.4, -0.2) is 21.0 Å². The summed E-state index contributed by atoms with van der Waals surface area (Å²) in [5, 5.41) is 14.6. The number of aliphatic hydroxyl groups excluding tert-OH is 1. The van der Waals surface area contributed by atoms with Gasteiger partial charge in [-0.2, -0.15) is 5.10 Å². The van der Waals surface area contributed by atoms with Gasteiger partial charge in [-0.1, -0.05) is 37.3 Å². The molecule has 0 amide bonds. The zero-order chi connectivity index (χ0) is 13.2. The zero-order valence-electron chi connectivity index (χ0n) is 11.2. The fourth-order valence-corrected chi connectivity index (χ4v) is 2.92. The van der Waals surface area contributed by atoms with Crippen LogP contribution in [0, 0.1) is 5.92 Å². The van der Waals surface area contributed by atoms with Crippen LogP contribution in [0.5, 0.6) is 0 Å². The standard InChI is InChI=1S/C16H20N2O/c1-12-7-8-16(19)15(9-12)18-11-14(10-17-18)13-5-3-2-4-6-13/h2-6,10-12,15-16,19H,7-9H2,1H3. The molecule has 0 saturated heterocycles. The minimum atomic E-state index is -0.264. The smallest absolute Gasteiger partial charge is 0.0780 e. The maximum absolute atomic E-state index is 10.2. The van der Waals surface area contributed by atoms with E-state index < -0.39 is 0 Å². The van der Waals surface area contributed by atoms with Crippen LogP contribution < -0.4 is 0 Å². The Morgan fingerprint density at radius 1 is 1.16 bits per heavy atom. The molecule has 1 aromatic heterocycles. The normalized spacial score (nSPS) is 27.4. The zero-order valence-corrected chi connectivity index (χ0v) is 11.2. The van der Waals surface area contributed by atoms with Crippen molar-refractivity contribution in [2.75, 3.05) is 0 Å². The Morgan fingerprint density at radius 3 is 2.74 bits per heavy atom. The summed E-state index contributed by atoms with van der Waals surface area (Å²) in [6.07, 6.45) is 6.69. The van der Waals surface area contributed by atoms with E-state index in [1.165, 1.54) is 5.56 Å². The lowest BCUT2D eigenvalue weighted by atomic mass is 9.85. The largest absolute Gasteiger partial charge is 0.391 e. The number of hydrogen-bond acceptors (Lipinski definition) is 2. The molecule has 1 aromatic carbocycles. The lowest BCUT2D eigenvalue weighted by Crippen LogP contribution is -2.31. The lowest BCUT2D eigenvalue weighted by Gasteiger charge is -2.31. The molecule has 1 saturated carbocycles. The molecule has 0 spiro atoms. The van der Waals surface area contributed by atoms with E-state index in [0.29, 0.717) is 5.92 Å². The van der Waals surface area contributed by atoms with E-state index >= 15 is 0 Å². The highest BCUT2D eigenvalue weighted by Gasteiger charge is 2.28. The summed E-state index contributed by atoms with van der Waals surface area (Å²) in [6, 6.07) is 10.4. The number of rotatable bonds is 2. The first-order valence-electron chi connectivity index (χ1n) is 7.01. The Hall–Kier alpha value is -1.61. The van der Waals surface area contributed by atoms with Gasteiger partial charge in [0.05, 0.1) is 18.3 Å². The molecule has 2 aromatic rings. The average molecular weight is 256 g/mol. The Kier molecular flexibility index (Phi) is 3.38. The van der Waals surface area contributed by atoms with Crippen LogP contribution in [-0.2, 0) is 0 Å². The monoisotopic (exact) mass is 256 g/mol. The molecule has 3 rings (SSSR count). The van der Waals surface area contributed by atoms with Crippen molar-refractivity contribution in [3.8, 4) is 11.1 Å². The van der Waals surface area contributed by atoms with E-state index in [9.17, 15) is 5.11 Å². The highest BCUT2D eigenvalue weighted by atomic mass is 16.3. The molecule has 1 N–H and O–H groups in total. The average Bonchev–Trinajstić information content (AvgIpc) is 2.92. The summed E-state index contributed by atoms with van der Waals surface area (Å²) in [7, 11) is 0.